The zero-order valence-corrected chi connectivity index (χ0v) is 25.6. The zero-order valence-electron chi connectivity index (χ0n) is 23.2. The van der Waals surface area contributed by atoms with Gasteiger partial charge in [0.05, 0.1) is 23.6 Å². The van der Waals surface area contributed by atoms with Crippen LogP contribution in [0.1, 0.15) is 61.3 Å². The third-order valence-electron chi connectivity index (χ3n) is 8.37. The van der Waals surface area contributed by atoms with E-state index in [9.17, 15) is 23.1 Å². The molecule has 0 bridgehead atoms. The van der Waals surface area contributed by atoms with Crippen LogP contribution in [-0.2, 0) is 25.4 Å². The first-order valence-corrected chi connectivity index (χ1v) is 16.4. The number of carbonyl (C=O) groups excluding carboxylic acids is 1. The maximum absolute atomic E-state index is 14.5. The molecule has 4 atom stereocenters. The first-order valence-electron chi connectivity index (χ1n) is 14.0. The average Bonchev–Trinajstić information content (AvgIpc) is 3.77. The summed E-state index contributed by atoms with van der Waals surface area (Å²) in [5.74, 6) is -1.75. The summed E-state index contributed by atoms with van der Waals surface area (Å²) in [6.45, 7) is 1.73. The summed E-state index contributed by atoms with van der Waals surface area (Å²) in [6, 6.07) is 22.7. The number of sulfonamides is 1. The second-order valence-corrected chi connectivity index (χ2v) is 14.4. The quantitative estimate of drug-likeness (QED) is 0.255. The molecule has 3 aromatic rings. The molecule has 1 saturated heterocycles. The second-order valence-electron chi connectivity index (χ2n) is 11.7. The van der Waals surface area contributed by atoms with Crippen LogP contribution in [0, 0.1) is 11.3 Å². The Labute approximate surface area is 256 Å². The maximum atomic E-state index is 14.5. The first kappa shape index (κ1) is 30.5. The van der Waals surface area contributed by atoms with Crippen LogP contribution in [0.4, 0.5) is 0 Å². The Bertz CT molecular complexity index is 1550. The zero-order chi connectivity index (χ0) is 30.1. The van der Waals surface area contributed by atoms with Crippen molar-refractivity contribution in [2.45, 2.75) is 56.4 Å². The van der Waals surface area contributed by atoms with Crippen LogP contribution >= 0.6 is 23.2 Å². The van der Waals surface area contributed by atoms with Gasteiger partial charge in [0.2, 0.25) is 15.9 Å². The molecule has 222 valence electrons. The number of likely N-dealkylation sites (tertiary alicyclic amines) is 1. The van der Waals surface area contributed by atoms with E-state index in [1.807, 2.05) is 36.4 Å². The minimum Gasteiger partial charge on any atom is -0.481 e. The van der Waals surface area contributed by atoms with E-state index in [0.717, 1.165) is 24.0 Å². The van der Waals surface area contributed by atoms with Gasteiger partial charge in [-0.05, 0) is 66.1 Å². The largest absolute Gasteiger partial charge is 0.481 e. The monoisotopic (exact) mass is 628 g/mol. The summed E-state index contributed by atoms with van der Waals surface area (Å²) in [4.78, 5) is 28.3. The van der Waals surface area contributed by atoms with Crippen molar-refractivity contribution in [3.8, 4) is 0 Å². The molecule has 3 aromatic carbocycles. The first-order chi connectivity index (χ1) is 20.0. The summed E-state index contributed by atoms with van der Waals surface area (Å²) >= 11 is 12.7. The van der Waals surface area contributed by atoms with E-state index in [0.29, 0.717) is 22.0 Å². The molecule has 1 heterocycles. The highest BCUT2D eigenvalue weighted by atomic mass is 35.5. The molecule has 1 saturated carbocycles. The number of amides is 1. The maximum Gasteiger partial charge on any atom is 0.304 e. The molecule has 0 aromatic heterocycles. The van der Waals surface area contributed by atoms with E-state index in [2.05, 4.69) is 4.72 Å². The molecule has 5 rings (SSSR count). The van der Waals surface area contributed by atoms with Gasteiger partial charge in [0.15, 0.2) is 0 Å². The summed E-state index contributed by atoms with van der Waals surface area (Å²) in [7, 11) is -3.72. The normalized spacial score (nSPS) is 23.5. The lowest BCUT2D eigenvalue weighted by molar-refractivity contribution is -0.161. The van der Waals surface area contributed by atoms with Crippen molar-refractivity contribution in [3.05, 3.63) is 106 Å². The van der Waals surface area contributed by atoms with Crippen molar-refractivity contribution in [1.82, 2.24) is 9.62 Å². The Morgan fingerprint density at radius 2 is 1.69 bits per heavy atom. The molecule has 1 aliphatic heterocycles. The number of benzene rings is 3. The highest BCUT2D eigenvalue weighted by Crippen LogP contribution is 2.54. The molecule has 1 amide bonds. The van der Waals surface area contributed by atoms with Crippen LogP contribution in [0.15, 0.2) is 78.9 Å². The standard InChI is InChI=1S/C32H34Cl2N2O5S/c1-32(18-29(37)38)17-27(24-8-5-9-26(34)16-24)30(23-12-14-25(33)15-13-23)36(31(32)39)28(22-10-11-22)19-35-42(40,41)20-21-6-3-2-4-7-21/h2-9,12-16,22,27-28,30,35H,10-11,17-20H2,1H3,(H,37,38)/t27-,28?,30?,32-/m1/s1. The van der Waals surface area contributed by atoms with Crippen molar-refractivity contribution < 1.29 is 23.1 Å². The van der Waals surface area contributed by atoms with Crippen molar-refractivity contribution in [2.75, 3.05) is 6.54 Å². The molecule has 10 heteroatoms. The number of halogens is 2. The van der Waals surface area contributed by atoms with E-state index >= 15 is 0 Å². The van der Waals surface area contributed by atoms with Crippen molar-refractivity contribution in [2.24, 2.45) is 11.3 Å². The van der Waals surface area contributed by atoms with Crippen LogP contribution in [0.5, 0.6) is 0 Å². The summed E-state index contributed by atoms with van der Waals surface area (Å²) in [5.41, 5.74) is 1.18. The minimum atomic E-state index is -3.72. The van der Waals surface area contributed by atoms with Crippen LogP contribution < -0.4 is 4.72 Å². The fourth-order valence-corrected chi connectivity index (χ4v) is 7.76. The topological polar surface area (TPSA) is 104 Å². The van der Waals surface area contributed by atoms with Crippen LogP contribution in [0.2, 0.25) is 10.0 Å². The Kier molecular flexibility index (Phi) is 8.99. The molecular weight excluding hydrogens is 595 g/mol. The van der Waals surface area contributed by atoms with Crippen molar-refractivity contribution in [1.29, 1.82) is 0 Å². The number of hydrogen-bond donors (Lipinski definition) is 2. The Morgan fingerprint density at radius 1 is 1.00 bits per heavy atom. The van der Waals surface area contributed by atoms with Crippen LogP contribution in [-0.4, -0.2) is 42.9 Å². The number of piperidine rings is 1. The number of nitrogens with one attached hydrogen (secondary N) is 1. The molecule has 1 aliphatic carbocycles. The molecule has 7 nitrogen and oxygen atoms in total. The van der Waals surface area contributed by atoms with Gasteiger partial charge < -0.3 is 10.0 Å². The summed E-state index contributed by atoms with van der Waals surface area (Å²) in [5, 5.41) is 11.0. The fourth-order valence-electron chi connectivity index (χ4n) is 6.28. The van der Waals surface area contributed by atoms with Crippen molar-refractivity contribution >= 4 is 45.1 Å². The van der Waals surface area contributed by atoms with E-state index < -0.39 is 33.5 Å². The van der Waals surface area contributed by atoms with Crippen LogP contribution in [0.3, 0.4) is 0 Å². The van der Waals surface area contributed by atoms with E-state index in [1.165, 1.54) is 0 Å². The van der Waals surface area contributed by atoms with Gasteiger partial charge in [-0.25, -0.2) is 13.1 Å². The summed E-state index contributed by atoms with van der Waals surface area (Å²) in [6.07, 6.45) is 1.64. The molecule has 2 unspecified atom stereocenters. The second kappa shape index (κ2) is 12.4. The van der Waals surface area contributed by atoms with Gasteiger partial charge in [-0.2, -0.15) is 0 Å². The van der Waals surface area contributed by atoms with Gasteiger partial charge in [-0.1, -0.05) is 84.7 Å². The predicted octanol–water partition coefficient (Wildman–Crippen LogP) is 6.43. The Hall–Kier alpha value is -2.91. The van der Waals surface area contributed by atoms with Gasteiger partial charge >= 0.3 is 5.97 Å². The van der Waals surface area contributed by atoms with Gasteiger partial charge in [0, 0.05) is 28.5 Å². The third-order valence-corrected chi connectivity index (χ3v) is 10.2. The molecular formula is C32H34Cl2N2O5S. The van der Waals surface area contributed by atoms with E-state index in [-0.39, 0.29) is 36.5 Å². The number of carbonyl (C=O) groups is 2. The molecule has 42 heavy (non-hydrogen) atoms. The number of carboxylic acids is 1. The van der Waals surface area contributed by atoms with Gasteiger partial charge in [0.25, 0.3) is 0 Å². The average molecular weight is 630 g/mol. The highest BCUT2D eigenvalue weighted by Gasteiger charge is 2.54. The smallest absolute Gasteiger partial charge is 0.304 e. The highest BCUT2D eigenvalue weighted by molar-refractivity contribution is 7.88. The number of aliphatic carboxylic acids is 1. The van der Waals surface area contributed by atoms with Crippen molar-refractivity contribution in [3.63, 3.8) is 0 Å². The molecule has 0 radical (unpaired) electrons. The summed E-state index contributed by atoms with van der Waals surface area (Å²) < 4.78 is 29.1. The minimum absolute atomic E-state index is 0.0288. The van der Waals surface area contributed by atoms with Crippen LogP contribution in [0.25, 0.3) is 0 Å². The number of hydrogen-bond acceptors (Lipinski definition) is 4. The lowest BCUT2D eigenvalue weighted by Crippen LogP contribution is -2.59. The van der Waals surface area contributed by atoms with Gasteiger partial charge in [-0.15, -0.1) is 0 Å². The van der Waals surface area contributed by atoms with Gasteiger partial charge in [0.1, 0.15) is 0 Å². The third kappa shape index (κ3) is 7.00. The number of nitrogens with zero attached hydrogens (tertiary/aromatic N) is 1. The fraction of sp³-hybridized carbons (Fsp3) is 0.375. The lowest BCUT2D eigenvalue weighted by atomic mass is 9.67. The molecule has 0 spiro atoms. The van der Waals surface area contributed by atoms with E-state index in [1.54, 1.807) is 54.3 Å². The number of carboxylic acid groups (broad SMARTS) is 1. The lowest BCUT2D eigenvalue weighted by Gasteiger charge is -2.52. The van der Waals surface area contributed by atoms with Gasteiger partial charge in [-0.3, -0.25) is 9.59 Å². The molecule has 2 aliphatic rings. The predicted molar refractivity (Wildman–Crippen MR) is 164 cm³/mol. The Balaban J connectivity index is 1.58. The molecule has 2 fully saturated rings. The van der Waals surface area contributed by atoms with E-state index in [4.69, 9.17) is 23.2 Å². The number of rotatable bonds is 11. The Morgan fingerprint density at radius 3 is 2.31 bits per heavy atom. The molecule has 2 N–H and O–H groups in total. The SMILES string of the molecule is C[C@]1(CC(=O)O)C[C@H](c2cccc(Cl)c2)C(c2ccc(Cl)cc2)N(C(CNS(=O)(=O)Cc2ccccc2)C2CC2)C1=O.